The van der Waals surface area contributed by atoms with Crippen LogP contribution in [0.3, 0.4) is 0 Å². The minimum absolute atomic E-state index is 0.0417. The van der Waals surface area contributed by atoms with Gasteiger partial charge in [-0.2, -0.15) is 0 Å². The molecule has 1 aromatic rings. The van der Waals surface area contributed by atoms with Gasteiger partial charge in [0.1, 0.15) is 5.60 Å². The van der Waals surface area contributed by atoms with Crippen LogP contribution in [0.4, 0.5) is 4.79 Å². The number of carbonyl (C=O) groups is 1. The highest BCUT2D eigenvalue weighted by atomic mass is 16.6. The molecule has 0 saturated heterocycles. The third-order valence-corrected chi connectivity index (χ3v) is 3.24. The van der Waals surface area contributed by atoms with Gasteiger partial charge in [0.2, 0.25) is 0 Å². The van der Waals surface area contributed by atoms with Crippen molar-refractivity contribution < 1.29 is 14.7 Å². The molecule has 1 amide bonds. The van der Waals surface area contributed by atoms with Gasteiger partial charge in [-0.1, -0.05) is 42.8 Å². The summed E-state index contributed by atoms with van der Waals surface area (Å²) in [6, 6.07) is 7.57. The summed E-state index contributed by atoms with van der Waals surface area (Å²) in [5.41, 5.74) is 1.33. The van der Waals surface area contributed by atoms with Crippen molar-refractivity contribution in [3.8, 4) is 0 Å². The standard InChI is InChI=1S/C17H26N2O3/c1-6-7-15(19(5)16(20)22-17(2,3)4)14-10-8-13(9-11-14)12-18-21/h8-12,15,21H,6-7H2,1-5H3/b18-12+. The Labute approximate surface area is 132 Å². The number of hydrogen-bond donors (Lipinski definition) is 1. The summed E-state index contributed by atoms with van der Waals surface area (Å²) < 4.78 is 5.44. The number of carbonyl (C=O) groups excluding carboxylic acids is 1. The molecular formula is C17H26N2O3. The fraction of sp³-hybridized carbons (Fsp3) is 0.529. The first-order chi connectivity index (χ1) is 10.3. The van der Waals surface area contributed by atoms with Crippen molar-refractivity contribution in [2.45, 2.75) is 52.2 Å². The molecule has 0 saturated carbocycles. The largest absolute Gasteiger partial charge is 0.444 e. The monoisotopic (exact) mass is 306 g/mol. The molecule has 1 unspecified atom stereocenters. The van der Waals surface area contributed by atoms with Crippen molar-refractivity contribution in [3.05, 3.63) is 35.4 Å². The van der Waals surface area contributed by atoms with Crippen LogP contribution in [-0.2, 0) is 4.74 Å². The molecule has 0 radical (unpaired) electrons. The van der Waals surface area contributed by atoms with Gasteiger partial charge < -0.3 is 14.8 Å². The lowest BCUT2D eigenvalue weighted by molar-refractivity contribution is 0.0211. The van der Waals surface area contributed by atoms with Gasteiger partial charge in [0.15, 0.2) is 0 Å². The van der Waals surface area contributed by atoms with Gasteiger partial charge in [0.05, 0.1) is 12.3 Å². The van der Waals surface area contributed by atoms with Crippen LogP contribution in [-0.4, -0.2) is 35.1 Å². The fourth-order valence-electron chi connectivity index (χ4n) is 2.19. The Kier molecular flexibility index (Phi) is 6.40. The highest BCUT2D eigenvalue weighted by Gasteiger charge is 2.25. The first kappa shape index (κ1) is 18.0. The maximum absolute atomic E-state index is 12.3. The fourth-order valence-corrected chi connectivity index (χ4v) is 2.19. The first-order valence-corrected chi connectivity index (χ1v) is 7.51. The number of oxime groups is 1. The molecule has 22 heavy (non-hydrogen) atoms. The smallest absolute Gasteiger partial charge is 0.410 e. The van der Waals surface area contributed by atoms with E-state index in [1.54, 1.807) is 11.9 Å². The number of nitrogens with zero attached hydrogens (tertiary/aromatic N) is 2. The van der Waals surface area contributed by atoms with Crippen molar-refractivity contribution >= 4 is 12.3 Å². The number of ether oxygens (including phenoxy) is 1. The molecule has 0 fully saturated rings. The van der Waals surface area contributed by atoms with E-state index in [1.807, 2.05) is 45.0 Å². The van der Waals surface area contributed by atoms with Crippen LogP contribution in [0, 0.1) is 0 Å². The zero-order chi connectivity index (χ0) is 16.8. The molecule has 1 rings (SSSR count). The van der Waals surface area contributed by atoms with E-state index in [0.29, 0.717) is 0 Å². The Bertz CT molecular complexity index is 504. The van der Waals surface area contributed by atoms with Gasteiger partial charge in [-0.25, -0.2) is 4.79 Å². The van der Waals surface area contributed by atoms with Crippen LogP contribution in [0.5, 0.6) is 0 Å². The minimum atomic E-state index is -0.510. The molecule has 0 heterocycles. The van der Waals surface area contributed by atoms with Crippen molar-refractivity contribution in [2.24, 2.45) is 5.16 Å². The van der Waals surface area contributed by atoms with Gasteiger partial charge in [0.25, 0.3) is 0 Å². The van der Waals surface area contributed by atoms with Crippen LogP contribution < -0.4 is 0 Å². The van der Waals surface area contributed by atoms with Crippen molar-refractivity contribution in [3.63, 3.8) is 0 Å². The lowest BCUT2D eigenvalue weighted by atomic mass is 10.00. The number of benzene rings is 1. The van der Waals surface area contributed by atoms with Crippen molar-refractivity contribution in [1.82, 2.24) is 4.90 Å². The predicted octanol–water partition coefficient (Wildman–Crippen LogP) is 4.20. The van der Waals surface area contributed by atoms with Crippen LogP contribution >= 0.6 is 0 Å². The van der Waals surface area contributed by atoms with Crippen LogP contribution in [0.2, 0.25) is 0 Å². The Balaban J connectivity index is 2.94. The Morgan fingerprint density at radius 3 is 2.41 bits per heavy atom. The highest BCUT2D eigenvalue weighted by Crippen LogP contribution is 2.26. The molecule has 5 heteroatoms. The Hall–Kier alpha value is -2.04. The normalized spacial score (nSPS) is 13.1. The van der Waals surface area contributed by atoms with E-state index in [0.717, 1.165) is 24.0 Å². The van der Waals surface area contributed by atoms with Gasteiger partial charge in [0, 0.05) is 7.05 Å². The SMILES string of the molecule is CCCC(c1ccc(/C=N/O)cc1)N(C)C(=O)OC(C)(C)C. The Morgan fingerprint density at radius 1 is 1.36 bits per heavy atom. The number of hydrogen-bond acceptors (Lipinski definition) is 4. The van der Waals surface area contributed by atoms with Crippen LogP contribution in [0.1, 0.15) is 57.7 Å². The van der Waals surface area contributed by atoms with E-state index in [-0.39, 0.29) is 12.1 Å². The van der Waals surface area contributed by atoms with E-state index >= 15 is 0 Å². The summed E-state index contributed by atoms with van der Waals surface area (Å²) in [6.07, 6.45) is 2.85. The average Bonchev–Trinajstić information content (AvgIpc) is 2.43. The van der Waals surface area contributed by atoms with Gasteiger partial charge in [-0.15, -0.1) is 0 Å². The van der Waals surface area contributed by atoms with Gasteiger partial charge in [-0.3, -0.25) is 0 Å². The molecule has 0 aliphatic carbocycles. The summed E-state index contributed by atoms with van der Waals surface area (Å²) in [5.74, 6) is 0. The highest BCUT2D eigenvalue weighted by molar-refractivity contribution is 5.79. The molecule has 122 valence electrons. The van der Waals surface area contributed by atoms with E-state index in [1.165, 1.54) is 6.21 Å². The predicted molar refractivity (Wildman–Crippen MR) is 87.5 cm³/mol. The molecule has 0 aliphatic heterocycles. The first-order valence-electron chi connectivity index (χ1n) is 7.51. The van der Waals surface area contributed by atoms with E-state index in [2.05, 4.69) is 12.1 Å². The Morgan fingerprint density at radius 2 is 1.95 bits per heavy atom. The molecule has 0 aromatic heterocycles. The van der Waals surface area contributed by atoms with E-state index in [9.17, 15) is 4.79 Å². The zero-order valence-corrected chi connectivity index (χ0v) is 14.0. The quantitative estimate of drug-likeness (QED) is 0.504. The molecule has 1 N–H and O–H groups in total. The molecule has 5 nitrogen and oxygen atoms in total. The number of amides is 1. The van der Waals surface area contributed by atoms with Gasteiger partial charge >= 0.3 is 6.09 Å². The molecule has 1 atom stereocenters. The summed E-state index contributed by atoms with van der Waals surface area (Å²) in [5, 5.41) is 11.6. The van der Waals surface area contributed by atoms with Crippen molar-refractivity contribution in [1.29, 1.82) is 0 Å². The molecule has 0 spiro atoms. The summed E-state index contributed by atoms with van der Waals surface area (Å²) in [4.78, 5) is 13.9. The summed E-state index contributed by atoms with van der Waals surface area (Å²) in [7, 11) is 1.76. The maximum atomic E-state index is 12.3. The lowest BCUT2D eigenvalue weighted by Gasteiger charge is -2.31. The van der Waals surface area contributed by atoms with E-state index < -0.39 is 5.60 Å². The average molecular weight is 306 g/mol. The molecular weight excluding hydrogens is 280 g/mol. The number of rotatable bonds is 5. The minimum Gasteiger partial charge on any atom is -0.444 e. The maximum Gasteiger partial charge on any atom is 0.410 e. The second-order valence-corrected chi connectivity index (χ2v) is 6.31. The van der Waals surface area contributed by atoms with Crippen LogP contribution in [0.15, 0.2) is 29.4 Å². The van der Waals surface area contributed by atoms with Crippen molar-refractivity contribution in [2.75, 3.05) is 7.05 Å². The third kappa shape index (κ3) is 5.39. The zero-order valence-electron chi connectivity index (χ0n) is 14.0. The molecule has 1 aromatic carbocycles. The summed E-state index contributed by atoms with van der Waals surface area (Å²) in [6.45, 7) is 7.66. The summed E-state index contributed by atoms with van der Waals surface area (Å²) >= 11 is 0. The van der Waals surface area contributed by atoms with Gasteiger partial charge in [-0.05, 0) is 38.3 Å². The van der Waals surface area contributed by atoms with Crippen LogP contribution in [0.25, 0.3) is 0 Å². The second-order valence-electron chi connectivity index (χ2n) is 6.31. The second kappa shape index (κ2) is 7.82. The third-order valence-electron chi connectivity index (χ3n) is 3.24. The molecule has 0 aliphatic rings. The topological polar surface area (TPSA) is 62.1 Å². The molecule has 0 bridgehead atoms. The lowest BCUT2D eigenvalue weighted by Crippen LogP contribution is -2.36. The van der Waals surface area contributed by atoms with E-state index in [4.69, 9.17) is 9.94 Å².